The molecule has 1 N–H and O–H groups in total. The van der Waals surface area contributed by atoms with Crippen LogP contribution in [0.2, 0.25) is 5.02 Å². The van der Waals surface area contributed by atoms with Gasteiger partial charge in [-0.15, -0.1) is 0 Å². The predicted octanol–water partition coefficient (Wildman–Crippen LogP) is 2.62. The lowest BCUT2D eigenvalue weighted by atomic mass is 10.1. The molecule has 0 bridgehead atoms. The van der Waals surface area contributed by atoms with Crippen molar-refractivity contribution < 1.29 is 0 Å². The van der Waals surface area contributed by atoms with Crippen molar-refractivity contribution in [1.82, 2.24) is 10.2 Å². The van der Waals surface area contributed by atoms with E-state index in [0.29, 0.717) is 6.04 Å². The second kappa shape index (κ2) is 4.97. The van der Waals surface area contributed by atoms with Crippen LogP contribution in [0.4, 0.5) is 0 Å². The molecule has 2 aliphatic rings. The van der Waals surface area contributed by atoms with Crippen LogP contribution in [0.5, 0.6) is 0 Å². The van der Waals surface area contributed by atoms with Crippen molar-refractivity contribution in [2.45, 2.75) is 25.3 Å². The maximum atomic E-state index is 6.06. The number of hydrogen-bond acceptors (Lipinski definition) is 2. The highest BCUT2D eigenvalue weighted by Gasteiger charge is 2.28. The number of halogens is 1. The first-order valence-electron chi connectivity index (χ1n) is 6.58. The smallest absolute Gasteiger partial charge is 0.0408 e. The number of benzene rings is 1. The SMILES string of the molecule is Clc1ccc2c(c1)CCC2N1CCCNCC1. The van der Waals surface area contributed by atoms with Gasteiger partial charge in [-0.05, 0) is 49.1 Å². The van der Waals surface area contributed by atoms with E-state index < -0.39 is 0 Å². The molecule has 1 aromatic rings. The molecule has 92 valence electrons. The highest BCUT2D eigenvalue weighted by atomic mass is 35.5. The highest BCUT2D eigenvalue weighted by Crippen LogP contribution is 2.37. The van der Waals surface area contributed by atoms with E-state index in [-0.39, 0.29) is 0 Å². The van der Waals surface area contributed by atoms with Crippen LogP contribution in [-0.2, 0) is 6.42 Å². The molecular weight excluding hydrogens is 232 g/mol. The minimum Gasteiger partial charge on any atom is -0.315 e. The van der Waals surface area contributed by atoms with Crippen LogP contribution < -0.4 is 5.32 Å². The van der Waals surface area contributed by atoms with E-state index in [9.17, 15) is 0 Å². The van der Waals surface area contributed by atoms with Crippen LogP contribution in [0.15, 0.2) is 18.2 Å². The van der Waals surface area contributed by atoms with Gasteiger partial charge in [-0.3, -0.25) is 4.90 Å². The van der Waals surface area contributed by atoms with E-state index >= 15 is 0 Å². The quantitative estimate of drug-likeness (QED) is 0.824. The van der Waals surface area contributed by atoms with Crippen molar-refractivity contribution in [2.24, 2.45) is 0 Å². The van der Waals surface area contributed by atoms with Crippen molar-refractivity contribution in [3.8, 4) is 0 Å². The first-order valence-corrected chi connectivity index (χ1v) is 6.95. The number of fused-ring (bicyclic) bond motifs is 1. The Kier molecular flexibility index (Phi) is 3.37. The average Bonchev–Trinajstić information content (AvgIpc) is 2.57. The summed E-state index contributed by atoms with van der Waals surface area (Å²) in [6.45, 7) is 4.68. The van der Waals surface area contributed by atoms with Crippen molar-refractivity contribution in [3.05, 3.63) is 34.3 Å². The van der Waals surface area contributed by atoms with Crippen LogP contribution >= 0.6 is 11.6 Å². The van der Waals surface area contributed by atoms with Gasteiger partial charge in [0.2, 0.25) is 0 Å². The molecule has 1 heterocycles. The predicted molar refractivity (Wildman–Crippen MR) is 71.6 cm³/mol. The molecule has 1 aromatic carbocycles. The number of nitrogens with one attached hydrogen (secondary N) is 1. The summed E-state index contributed by atoms with van der Waals surface area (Å²) in [6, 6.07) is 7.04. The van der Waals surface area contributed by atoms with E-state index in [1.165, 1.54) is 43.5 Å². The Morgan fingerprint density at radius 1 is 1.24 bits per heavy atom. The fourth-order valence-electron chi connectivity index (χ4n) is 3.12. The lowest BCUT2D eigenvalue weighted by molar-refractivity contribution is 0.210. The zero-order valence-electron chi connectivity index (χ0n) is 10.1. The maximum Gasteiger partial charge on any atom is 0.0408 e. The topological polar surface area (TPSA) is 15.3 Å². The lowest BCUT2D eigenvalue weighted by Crippen LogP contribution is -2.31. The van der Waals surface area contributed by atoms with E-state index in [0.717, 1.165) is 18.1 Å². The standard InChI is InChI=1S/C14H19ClN2/c15-12-3-4-13-11(10-12)2-5-14(13)17-8-1-6-16-7-9-17/h3-4,10,14,16H,1-2,5-9H2. The van der Waals surface area contributed by atoms with Gasteiger partial charge in [0, 0.05) is 30.7 Å². The van der Waals surface area contributed by atoms with Crippen LogP contribution in [-0.4, -0.2) is 31.1 Å². The van der Waals surface area contributed by atoms with Crippen molar-refractivity contribution in [1.29, 1.82) is 0 Å². The molecule has 3 heteroatoms. The fourth-order valence-corrected chi connectivity index (χ4v) is 3.32. The monoisotopic (exact) mass is 250 g/mol. The first-order chi connectivity index (χ1) is 8.34. The Morgan fingerprint density at radius 3 is 3.12 bits per heavy atom. The van der Waals surface area contributed by atoms with Gasteiger partial charge in [0.15, 0.2) is 0 Å². The van der Waals surface area contributed by atoms with Gasteiger partial charge in [0.25, 0.3) is 0 Å². The van der Waals surface area contributed by atoms with E-state index in [1.807, 2.05) is 6.07 Å². The summed E-state index contributed by atoms with van der Waals surface area (Å²) in [5.41, 5.74) is 2.97. The summed E-state index contributed by atoms with van der Waals surface area (Å²) in [5, 5.41) is 4.35. The molecule has 17 heavy (non-hydrogen) atoms. The first kappa shape index (κ1) is 11.5. The minimum absolute atomic E-state index is 0.627. The van der Waals surface area contributed by atoms with E-state index in [2.05, 4.69) is 22.3 Å². The van der Waals surface area contributed by atoms with Crippen molar-refractivity contribution >= 4 is 11.6 Å². The Balaban J connectivity index is 1.82. The van der Waals surface area contributed by atoms with E-state index in [4.69, 9.17) is 11.6 Å². The van der Waals surface area contributed by atoms with Gasteiger partial charge < -0.3 is 5.32 Å². The van der Waals surface area contributed by atoms with Gasteiger partial charge in [-0.25, -0.2) is 0 Å². The Labute approximate surface area is 108 Å². The summed E-state index contributed by atoms with van der Waals surface area (Å²) in [7, 11) is 0. The zero-order chi connectivity index (χ0) is 11.7. The molecule has 3 rings (SSSR count). The maximum absolute atomic E-state index is 6.06. The number of aryl methyl sites for hydroxylation is 1. The third-order valence-corrected chi connectivity index (χ3v) is 4.20. The van der Waals surface area contributed by atoms with Crippen LogP contribution in [0.1, 0.15) is 30.0 Å². The van der Waals surface area contributed by atoms with Gasteiger partial charge in [0.05, 0.1) is 0 Å². The summed E-state index contributed by atoms with van der Waals surface area (Å²) in [5.74, 6) is 0. The molecule has 1 unspecified atom stereocenters. The van der Waals surface area contributed by atoms with Crippen LogP contribution in [0, 0.1) is 0 Å². The van der Waals surface area contributed by atoms with Crippen molar-refractivity contribution in [3.63, 3.8) is 0 Å². The summed E-state index contributed by atoms with van der Waals surface area (Å²) in [4.78, 5) is 2.64. The molecule has 0 radical (unpaired) electrons. The molecule has 0 spiro atoms. The molecule has 1 saturated heterocycles. The molecule has 1 aliphatic carbocycles. The van der Waals surface area contributed by atoms with Gasteiger partial charge in [-0.1, -0.05) is 17.7 Å². The Morgan fingerprint density at radius 2 is 2.18 bits per heavy atom. The molecule has 0 amide bonds. The third-order valence-electron chi connectivity index (χ3n) is 3.97. The number of nitrogens with zero attached hydrogens (tertiary/aromatic N) is 1. The Hall–Kier alpha value is -0.570. The van der Waals surface area contributed by atoms with Gasteiger partial charge >= 0.3 is 0 Å². The third kappa shape index (κ3) is 2.35. The summed E-state index contributed by atoms with van der Waals surface area (Å²) >= 11 is 6.06. The number of rotatable bonds is 1. The lowest BCUT2D eigenvalue weighted by Gasteiger charge is -2.27. The van der Waals surface area contributed by atoms with Crippen LogP contribution in [0.25, 0.3) is 0 Å². The number of hydrogen-bond donors (Lipinski definition) is 1. The highest BCUT2D eigenvalue weighted by molar-refractivity contribution is 6.30. The molecule has 0 aromatic heterocycles. The summed E-state index contributed by atoms with van der Waals surface area (Å²) in [6.07, 6.45) is 3.71. The fraction of sp³-hybridized carbons (Fsp3) is 0.571. The van der Waals surface area contributed by atoms with Crippen LogP contribution in [0.3, 0.4) is 0 Å². The molecule has 0 saturated carbocycles. The van der Waals surface area contributed by atoms with E-state index in [1.54, 1.807) is 0 Å². The molecule has 1 fully saturated rings. The zero-order valence-corrected chi connectivity index (χ0v) is 10.8. The summed E-state index contributed by atoms with van der Waals surface area (Å²) < 4.78 is 0. The normalized spacial score (nSPS) is 25.6. The van der Waals surface area contributed by atoms with Gasteiger partial charge in [-0.2, -0.15) is 0 Å². The molecule has 2 nitrogen and oxygen atoms in total. The molecular formula is C14H19ClN2. The van der Waals surface area contributed by atoms with Crippen molar-refractivity contribution in [2.75, 3.05) is 26.2 Å². The minimum atomic E-state index is 0.627. The molecule has 1 atom stereocenters. The Bertz CT molecular complexity index is 397. The second-order valence-electron chi connectivity index (χ2n) is 5.04. The van der Waals surface area contributed by atoms with Gasteiger partial charge in [0.1, 0.15) is 0 Å². The largest absolute Gasteiger partial charge is 0.315 e. The average molecular weight is 251 g/mol. The molecule has 1 aliphatic heterocycles. The second-order valence-corrected chi connectivity index (χ2v) is 5.47.